The van der Waals surface area contributed by atoms with Crippen LogP contribution in [0, 0.1) is 5.82 Å². The van der Waals surface area contributed by atoms with Gasteiger partial charge >= 0.3 is 0 Å². The number of amides is 1. The summed E-state index contributed by atoms with van der Waals surface area (Å²) in [5, 5.41) is 5.19. The van der Waals surface area contributed by atoms with Gasteiger partial charge in [0.15, 0.2) is 0 Å². The van der Waals surface area contributed by atoms with Gasteiger partial charge in [-0.2, -0.15) is 0 Å². The number of nitrogens with one attached hydrogen (secondary N) is 1. The maximum Gasteiger partial charge on any atom is 0.247 e. The first-order valence-corrected chi connectivity index (χ1v) is 9.53. The first kappa shape index (κ1) is 17.8. The summed E-state index contributed by atoms with van der Waals surface area (Å²) in [7, 11) is 0. The van der Waals surface area contributed by atoms with E-state index in [2.05, 4.69) is 23.2 Å². The zero-order chi connectivity index (χ0) is 17.6. The number of carbonyl (C=O) groups is 1. The number of carbonyl (C=O) groups excluding carboxylic acids is 1. The molecule has 1 unspecified atom stereocenters. The quantitative estimate of drug-likeness (QED) is 0.836. The molecular formula is C20H23FN2OS. The van der Waals surface area contributed by atoms with Crippen LogP contribution in [-0.2, 0) is 11.3 Å². The molecule has 0 aliphatic carbocycles. The highest BCUT2D eigenvalue weighted by molar-refractivity contribution is 7.10. The number of benzene rings is 1. The molecule has 1 N–H and O–H groups in total. The van der Waals surface area contributed by atoms with Crippen LogP contribution >= 0.6 is 11.3 Å². The van der Waals surface area contributed by atoms with Crippen molar-refractivity contribution in [2.24, 2.45) is 0 Å². The van der Waals surface area contributed by atoms with E-state index in [9.17, 15) is 9.18 Å². The smallest absolute Gasteiger partial charge is 0.247 e. The van der Waals surface area contributed by atoms with Gasteiger partial charge in [0.05, 0.1) is 6.04 Å². The average molecular weight is 358 g/mol. The van der Waals surface area contributed by atoms with Gasteiger partial charge in [-0.25, -0.2) is 4.39 Å². The van der Waals surface area contributed by atoms with E-state index in [-0.39, 0.29) is 17.8 Å². The predicted molar refractivity (Wildman–Crippen MR) is 99.9 cm³/mol. The minimum atomic E-state index is -0.211. The number of nitrogens with zero attached hydrogens (tertiary/aromatic N) is 1. The monoisotopic (exact) mass is 358 g/mol. The van der Waals surface area contributed by atoms with Crippen molar-refractivity contribution in [3.8, 4) is 0 Å². The third-order valence-electron chi connectivity index (χ3n) is 4.50. The summed E-state index contributed by atoms with van der Waals surface area (Å²) < 4.78 is 13.0. The van der Waals surface area contributed by atoms with Crippen LogP contribution in [0.2, 0.25) is 0 Å². The predicted octanol–water partition coefficient (Wildman–Crippen LogP) is 4.29. The van der Waals surface area contributed by atoms with Crippen molar-refractivity contribution in [2.75, 3.05) is 13.1 Å². The second kappa shape index (κ2) is 8.41. The van der Waals surface area contributed by atoms with Crippen LogP contribution in [-0.4, -0.2) is 23.9 Å². The lowest BCUT2D eigenvalue weighted by Crippen LogP contribution is -2.34. The lowest BCUT2D eigenvalue weighted by molar-refractivity contribution is -0.118. The summed E-state index contributed by atoms with van der Waals surface area (Å²) >= 11 is 1.68. The molecule has 3 rings (SSSR count). The van der Waals surface area contributed by atoms with Gasteiger partial charge in [-0.15, -0.1) is 11.3 Å². The van der Waals surface area contributed by atoms with Crippen molar-refractivity contribution in [3.05, 3.63) is 69.7 Å². The Labute approximate surface area is 152 Å². The highest BCUT2D eigenvalue weighted by Crippen LogP contribution is 2.23. The van der Waals surface area contributed by atoms with Crippen LogP contribution < -0.4 is 5.32 Å². The molecule has 5 heteroatoms. The number of hydrogen-bond acceptors (Lipinski definition) is 3. The SMILES string of the molecule is CCC(NC(=O)C1=CCN(Cc2ccc(F)cc2)CC1)c1cccs1. The van der Waals surface area contributed by atoms with Crippen LogP contribution in [0.1, 0.15) is 36.2 Å². The fourth-order valence-electron chi connectivity index (χ4n) is 3.02. The van der Waals surface area contributed by atoms with Gasteiger partial charge < -0.3 is 5.32 Å². The Balaban J connectivity index is 1.55. The number of hydrogen-bond donors (Lipinski definition) is 1. The molecule has 25 heavy (non-hydrogen) atoms. The van der Waals surface area contributed by atoms with E-state index >= 15 is 0 Å². The van der Waals surface area contributed by atoms with Gasteiger partial charge in [-0.05, 0) is 42.0 Å². The van der Waals surface area contributed by atoms with E-state index in [0.717, 1.165) is 43.6 Å². The lowest BCUT2D eigenvalue weighted by Gasteiger charge is -2.26. The second-order valence-corrected chi connectivity index (χ2v) is 7.27. The summed E-state index contributed by atoms with van der Waals surface area (Å²) in [5.41, 5.74) is 1.96. The van der Waals surface area contributed by atoms with Crippen LogP contribution in [0.15, 0.2) is 53.4 Å². The molecule has 0 fully saturated rings. The van der Waals surface area contributed by atoms with E-state index in [4.69, 9.17) is 0 Å². The summed E-state index contributed by atoms with van der Waals surface area (Å²) in [4.78, 5) is 16.0. The summed E-state index contributed by atoms with van der Waals surface area (Å²) in [5.74, 6) is -0.167. The molecule has 1 aliphatic rings. The molecule has 0 radical (unpaired) electrons. The Bertz CT molecular complexity index is 725. The first-order chi connectivity index (χ1) is 12.2. The number of rotatable bonds is 6. The minimum Gasteiger partial charge on any atom is -0.345 e. The van der Waals surface area contributed by atoms with Crippen LogP contribution in [0.25, 0.3) is 0 Å². The standard InChI is InChI=1S/C20H23FN2OS/c1-2-18(19-4-3-13-25-19)22-20(24)16-9-11-23(12-10-16)14-15-5-7-17(21)8-6-15/h3-9,13,18H,2,10-12,14H2,1H3,(H,22,24). The third kappa shape index (κ3) is 4.77. The van der Waals surface area contributed by atoms with Gasteiger partial charge in [-0.3, -0.25) is 9.69 Å². The van der Waals surface area contributed by atoms with E-state index < -0.39 is 0 Å². The third-order valence-corrected chi connectivity index (χ3v) is 5.49. The van der Waals surface area contributed by atoms with Gasteiger partial charge in [0.2, 0.25) is 5.91 Å². The van der Waals surface area contributed by atoms with E-state index in [1.54, 1.807) is 11.3 Å². The van der Waals surface area contributed by atoms with E-state index in [0.29, 0.717) is 0 Å². The fraction of sp³-hybridized carbons (Fsp3) is 0.350. The number of halogens is 1. The van der Waals surface area contributed by atoms with Crippen molar-refractivity contribution >= 4 is 17.2 Å². The van der Waals surface area contributed by atoms with Gasteiger partial charge in [-0.1, -0.05) is 31.2 Å². The number of thiophene rings is 1. The molecule has 1 atom stereocenters. The molecule has 0 spiro atoms. The maximum atomic E-state index is 13.0. The Morgan fingerprint density at radius 3 is 2.72 bits per heavy atom. The summed E-state index contributed by atoms with van der Waals surface area (Å²) in [6.45, 7) is 4.45. The molecule has 1 aromatic heterocycles. The topological polar surface area (TPSA) is 32.3 Å². The maximum absolute atomic E-state index is 13.0. The van der Waals surface area contributed by atoms with Crippen molar-refractivity contribution in [1.82, 2.24) is 10.2 Å². The van der Waals surface area contributed by atoms with Crippen LogP contribution in [0.5, 0.6) is 0 Å². The Morgan fingerprint density at radius 2 is 2.12 bits per heavy atom. The Kier molecular flexibility index (Phi) is 6.00. The molecule has 1 aromatic carbocycles. The zero-order valence-electron chi connectivity index (χ0n) is 14.4. The highest BCUT2D eigenvalue weighted by Gasteiger charge is 2.20. The minimum absolute atomic E-state index is 0.0432. The van der Waals surface area contributed by atoms with Gasteiger partial charge in [0.25, 0.3) is 0 Å². The summed E-state index contributed by atoms with van der Waals surface area (Å²) in [6.07, 6.45) is 3.65. The highest BCUT2D eigenvalue weighted by atomic mass is 32.1. The molecule has 132 valence electrons. The Hall–Kier alpha value is -1.98. The molecule has 0 saturated carbocycles. The van der Waals surface area contributed by atoms with Gasteiger partial charge in [0, 0.05) is 30.1 Å². The zero-order valence-corrected chi connectivity index (χ0v) is 15.2. The second-order valence-electron chi connectivity index (χ2n) is 6.29. The molecule has 1 aliphatic heterocycles. The average Bonchev–Trinajstić information content (AvgIpc) is 3.16. The lowest BCUT2D eigenvalue weighted by atomic mass is 10.1. The van der Waals surface area contributed by atoms with Crippen LogP contribution in [0.3, 0.4) is 0 Å². The summed E-state index contributed by atoms with van der Waals surface area (Å²) in [6, 6.07) is 10.8. The van der Waals surface area contributed by atoms with Crippen molar-refractivity contribution < 1.29 is 9.18 Å². The normalized spacial score (nSPS) is 16.3. The van der Waals surface area contributed by atoms with Crippen molar-refractivity contribution in [1.29, 1.82) is 0 Å². The first-order valence-electron chi connectivity index (χ1n) is 8.66. The van der Waals surface area contributed by atoms with E-state index in [1.807, 2.05) is 29.7 Å². The molecule has 2 aromatic rings. The van der Waals surface area contributed by atoms with Crippen molar-refractivity contribution in [2.45, 2.75) is 32.4 Å². The molecular weight excluding hydrogens is 335 g/mol. The van der Waals surface area contributed by atoms with Crippen molar-refractivity contribution in [3.63, 3.8) is 0 Å². The molecule has 0 saturated heterocycles. The Morgan fingerprint density at radius 1 is 1.32 bits per heavy atom. The molecule has 2 heterocycles. The van der Waals surface area contributed by atoms with E-state index in [1.165, 1.54) is 17.0 Å². The van der Waals surface area contributed by atoms with Crippen LogP contribution in [0.4, 0.5) is 4.39 Å². The fourth-order valence-corrected chi connectivity index (χ4v) is 3.89. The molecule has 1 amide bonds. The van der Waals surface area contributed by atoms with Gasteiger partial charge in [0.1, 0.15) is 5.82 Å². The largest absolute Gasteiger partial charge is 0.345 e. The molecule has 3 nitrogen and oxygen atoms in total. The molecule has 0 bridgehead atoms.